The van der Waals surface area contributed by atoms with Crippen molar-refractivity contribution in [1.82, 2.24) is 9.97 Å². The Labute approximate surface area is 147 Å². The minimum absolute atomic E-state index is 0.625. The minimum Gasteiger partial charge on any atom is -0.437 e. The molecule has 0 atom stereocenters. The molecule has 4 rings (SSSR count). The van der Waals surface area contributed by atoms with Crippen LogP contribution in [0, 0.1) is 19.8 Å². The number of nitrogens with zero attached hydrogens (tertiary/aromatic N) is 2. The summed E-state index contributed by atoms with van der Waals surface area (Å²) in [5, 5.41) is 2.14. The Balaban J connectivity index is 1.89. The number of aromatic nitrogens is 2. The Morgan fingerprint density at radius 1 is 1.04 bits per heavy atom. The summed E-state index contributed by atoms with van der Waals surface area (Å²) in [7, 11) is 0. The fraction of sp³-hybridized carbons (Fsp3) is 0.273. The largest absolute Gasteiger partial charge is 0.437 e. The fourth-order valence-corrected chi connectivity index (χ4v) is 3.36. The van der Waals surface area contributed by atoms with Gasteiger partial charge in [0.15, 0.2) is 0 Å². The van der Waals surface area contributed by atoms with E-state index < -0.39 is 0 Å². The molecular formula is C22H22N2O. The van der Waals surface area contributed by atoms with Crippen LogP contribution in [0.5, 0.6) is 0 Å². The molecule has 0 unspecified atom stereocenters. The van der Waals surface area contributed by atoms with E-state index in [0.717, 1.165) is 39.7 Å². The summed E-state index contributed by atoms with van der Waals surface area (Å²) in [5.41, 5.74) is 7.07. The first-order valence-corrected chi connectivity index (χ1v) is 8.77. The maximum atomic E-state index is 6.10. The number of para-hydroxylation sites is 1. The van der Waals surface area contributed by atoms with E-state index in [1.54, 1.807) is 0 Å². The Bertz CT molecular complexity index is 1080. The van der Waals surface area contributed by atoms with Crippen LogP contribution in [0.1, 0.15) is 30.7 Å². The molecule has 0 spiro atoms. The number of rotatable bonds is 3. The number of fused-ring (bicyclic) bond motifs is 3. The number of hydrogen-bond acceptors (Lipinski definition) is 3. The van der Waals surface area contributed by atoms with E-state index in [0.29, 0.717) is 11.6 Å². The van der Waals surface area contributed by atoms with Gasteiger partial charge in [0.25, 0.3) is 0 Å². The molecule has 3 aromatic heterocycles. The van der Waals surface area contributed by atoms with Crippen LogP contribution in [0.3, 0.4) is 0 Å². The highest BCUT2D eigenvalue weighted by Gasteiger charge is 2.14. The summed E-state index contributed by atoms with van der Waals surface area (Å²) in [4.78, 5) is 9.25. The second-order valence-electron chi connectivity index (χ2n) is 7.18. The van der Waals surface area contributed by atoms with Crippen molar-refractivity contribution in [2.24, 2.45) is 5.92 Å². The van der Waals surface area contributed by atoms with Gasteiger partial charge in [-0.05, 0) is 61.6 Å². The third-order valence-electron chi connectivity index (χ3n) is 4.63. The Morgan fingerprint density at radius 2 is 1.88 bits per heavy atom. The van der Waals surface area contributed by atoms with Crippen LogP contribution < -0.4 is 0 Å². The van der Waals surface area contributed by atoms with Crippen molar-refractivity contribution in [2.75, 3.05) is 0 Å². The van der Waals surface area contributed by atoms with Crippen molar-refractivity contribution in [3.63, 3.8) is 0 Å². The lowest BCUT2D eigenvalue weighted by Crippen LogP contribution is -1.98. The van der Waals surface area contributed by atoms with Crippen LogP contribution in [-0.2, 0) is 6.42 Å². The van der Waals surface area contributed by atoms with Crippen molar-refractivity contribution < 1.29 is 4.42 Å². The van der Waals surface area contributed by atoms with Gasteiger partial charge < -0.3 is 4.42 Å². The minimum atomic E-state index is 0.625. The van der Waals surface area contributed by atoms with Crippen molar-refractivity contribution in [3.05, 3.63) is 59.4 Å². The molecule has 0 aliphatic carbocycles. The maximum absolute atomic E-state index is 6.10. The van der Waals surface area contributed by atoms with Crippen molar-refractivity contribution in [2.45, 2.75) is 34.1 Å². The van der Waals surface area contributed by atoms with Crippen LogP contribution in [0.25, 0.3) is 33.3 Å². The molecule has 0 radical (unpaired) electrons. The lowest BCUT2D eigenvalue weighted by Gasteiger charge is -2.10. The molecule has 1 aromatic carbocycles. The molecule has 126 valence electrons. The van der Waals surface area contributed by atoms with Gasteiger partial charge in [-0.25, -0.2) is 4.98 Å². The zero-order valence-corrected chi connectivity index (χ0v) is 15.1. The molecule has 3 heteroatoms. The van der Waals surface area contributed by atoms with E-state index >= 15 is 0 Å². The first-order chi connectivity index (χ1) is 12.0. The van der Waals surface area contributed by atoms with Gasteiger partial charge in [-0.3, -0.25) is 4.98 Å². The van der Waals surface area contributed by atoms with E-state index in [9.17, 15) is 0 Å². The van der Waals surface area contributed by atoms with Gasteiger partial charge in [-0.2, -0.15) is 0 Å². The predicted molar refractivity (Wildman–Crippen MR) is 103 cm³/mol. The molecule has 0 bridgehead atoms. The predicted octanol–water partition coefficient (Wildman–Crippen LogP) is 5.86. The highest BCUT2D eigenvalue weighted by atomic mass is 16.3. The Kier molecular flexibility index (Phi) is 3.79. The van der Waals surface area contributed by atoms with E-state index in [1.165, 1.54) is 11.1 Å². The maximum Gasteiger partial charge on any atom is 0.227 e. The van der Waals surface area contributed by atoms with Crippen LogP contribution in [0.4, 0.5) is 0 Å². The van der Waals surface area contributed by atoms with Gasteiger partial charge in [0, 0.05) is 28.2 Å². The molecule has 0 N–H and O–H groups in total. The third-order valence-corrected chi connectivity index (χ3v) is 4.63. The molecule has 25 heavy (non-hydrogen) atoms. The smallest absolute Gasteiger partial charge is 0.227 e. The number of pyridine rings is 2. The average Bonchev–Trinajstić information content (AvgIpc) is 2.93. The molecule has 0 aliphatic rings. The van der Waals surface area contributed by atoms with Crippen LogP contribution in [0.2, 0.25) is 0 Å². The summed E-state index contributed by atoms with van der Waals surface area (Å²) in [6.45, 7) is 8.60. The quantitative estimate of drug-likeness (QED) is 0.472. The van der Waals surface area contributed by atoms with Gasteiger partial charge in [-0.15, -0.1) is 0 Å². The molecule has 3 heterocycles. The fourth-order valence-electron chi connectivity index (χ4n) is 3.36. The Morgan fingerprint density at radius 3 is 2.64 bits per heavy atom. The van der Waals surface area contributed by atoms with E-state index in [-0.39, 0.29) is 0 Å². The highest BCUT2D eigenvalue weighted by molar-refractivity contribution is 6.08. The summed E-state index contributed by atoms with van der Waals surface area (Å²) in [6, 6.07) is 12.5. The Hall–Kier alpha value is -2.68. The number of aryl methyl sites for hydroxylation is 2. The summed E-state index contributed by atoms with van der Waals surface area (Å²) < 4.78 is 6.10. The highest BCUT2D eigenvalue weighted by Crippen LogP contribution is 2.34. The number of hydrogen-bond donors (Lipinski definition) is 0. The number of furan rings is 1. The van der Waals surface area contributed by atoms with E-state index in [1.807, 2.05) is 19.2 Å². The van der Waals surface area contributed by atoms with Crippen LogP contribution in [0.15, 0.2) is 47.0 Å². The lowest BCUT2D eigenvalue weighted by atomic mass is 9.98. The summed E-state index contributed by atoms with van der Waals surface area (Å²) in [6.07, 6.45) is 3.06. The standard InChI is InChI=1S/C22H22N2O/c1-13(2)10-16-12-23-20(11-14(16)3)19-7-5-6-17-18-9-8-15(4)24-22(18)25-21(17)19/h5-9,11-13H,10H2,1-4H3. The third kappa shape index (κ3) is 2.80. The zero-order valence-electron chi connectivity index (χ0n) is 15.1. The zero-order chi connectivity index (χ0) is 17.6. The van der Waals surface area contributed by atoms with Gasteiger partial charge in [0.2, 0.25) is 5.71 Å². The van der Waals surface area contributed by atoms with Gasteiger partial charge in [0.1, 0.15) is 5.58 Å². The molecule has 0 saturated heterocycles. The van der Waals surface area contributed by atoms with Crippen LogP contribution >= 0.6 is 0 Å². The second kappa shape index (κ2) is 5.99. The molecule has 0 saturated carbocycles. The first kappa shape index (κ1) is 15.8. The monoisotopic (exact) mass is 330 g/mol. The van der Waals surface area contributed by atoms with Gasteiger partial charge in [-0.1, -0.05) is 26.0 Å². The molecule has 3 nitrogen and oxygen atoms in total. The van der Waals surface area contributed by atoms with E-state index in [2.05, 4.69) is 56.1 Å². The SMILES string of the molecule is Cc1ccc2c(n1)oc1c(-c3cc(C)c(CC(C)C)cn3)cccc12. The van der Waals surface area contributed by atoms with Crippen molar-refractivity contribution in [3.8, 4) is 11.3 Å². The number of benzene rings is 1. The van der Waals surface area contributed by atoms with E-state index in [4.69, 9.17) is 9.40 Å². The first-order valence-electron chi connectivity index (χ1n) is 8.77. The van der Waals surface area contributed by atoms with Crippen LogP contribution in [-0.4, -0.2) is 9.97 Å². The molecule has 0 amide bonds. The summed E-state index contributed by atoms with van der Waals surface area (Å²) in [5.74, 6) is 0.625. The van der Waals surface area contributed by atoms with Crippen molar-refractivity contribution >= 4 is 22.1 Å². The molecule has 0 aliphatic heterocycles. The second-order valence-corrected chi connectivity index (χ2v) is 7.18. The lowest BCUT2D eigenvalue weighted by molar-refractivity contribution is 0.643. The van der Waals surface area contributed by atoms with Gasteiger partial charge >= 0.3 is 0 Å². The summed E-state index contributed by atoms with van der Waals surface area (Å²) >= 11 is 0. The molecular weight excluding hydrogens is 308 g/mol. The topological polar surface area (TPSA) is 38.9 Å². The molecule has 4 aromatic rings. The normalized spacial score (nSPS) is 11.7. The molecule has 0 fully saturated rings. The average molecular weight is 330 g/mol. The van der Waals surface area contributed by atoms with Gasteiger partial charge in [0.05, 0.1) is 5.69 Å². The van der Waals surface area contributed by atoms with Crippen molar-refractivity contribution in [1.29, 1.82) is 0 Å².